The molecule has 0 unspecified atom stereocenters. The van der Waals surface area contributed by atoms with Crippen LogP contribution in [0.15, 0.2) is 24.3 Å². The molecule has 0 atom stereocenters. The van der Waals surface area contributed by atoms with E-state index in [1.165, 1.54) is 11.1 Å². The van der Waals surface area contributed by atoms with Crippen LogP contribution in [-0.2, 0) is 11.3 Å². The highest BCUT2D eigenvalue weighted by molar-refractivity contribution is 5.76. The molecular formula is C18H30N2O. The molecule has 0 bridgehead atoms. The van der Waals surface area contributed by atoms with Crippen LogP contribution in [0.3, 0.4) is 0 Å². The first-order valence-electron chi connectivity index (χ1n) is 7.77. The van der Waals surface area contributed by atoms with E-state index in [4.69, 9.17) is 0 Å². The highest BCUT2D eigenvalue weighted by Crippen LogP contribution is 2.15. The maximum atomic E-state index is 12.1. The largest absolute Gasteiger partial charge is 0.341 e. The Bertz CT molecular complexity index is 443. The molecule has 1 N–H and O–H groups in total. The van der Waals surface area contributed by atoms with Crippen LogP contribution in [0, 0.1) is 0 Å². The van der Waals surface area contributed by atoms with Crippen molar-refractivity contribution in [1.82, 2.24) is 10.2 Å². The van der Waals surface area contributed by atoms with Crippen molar-refractivity contribution >= 4 is 5.91 Å². The molecule has 3 nitrogen and oxygen atoms in total. The second-order valence-corrected chi connectivity index (χ2v) is 7.07. The van der Waals surface area contributed by atoms with Crippen LogP contribution < -0.4 is 5.32 Å². The van der Waals surface area contributed by atoms with Gasteiger partial charge in [0.2, 0.25) is 5.91 Å². The monoisotopic (exact) mass is 290 g/mol. The number of nitrogens with one attached hydrogen (secondary N) is 1. The van der Waals surface area contributed by atoms with Crippen LogP contribution in [-0.4, -0.2) is 29.9 Å². The number of amides is 1. The number of benzene rings is 1. The number of hydrogen-bond acceptors (Lipinski definition) is 2. The van der Waals surface area contributed by atoms with Gasteiger partial charge in [-0.2, -0.15) is 0 Å². The van der Waals surface area contributed by atoms with E-state index in [-0.39, 0.29) is 11.4 Å². The fraction of sp³-hybridized carbons (Fsp3) is 0.611. The zero-order valence-corrected chi connectivity index (χ0v) is 14.4. The highest BCUT2D eigenvalue weighted by atomic mass is 16.2. The number of carbonyl (C=O) groups is 1. The van der Waals surface area contributed by atoms with Gasteiger partial charge in [0.15, 0.2) is 0 Å². The number of rotatable bonds is 6. The summed E-state index contributed by atoms with van der Waals surface area (Å²) < 4.78 is 0. The van der Waals surface area contributed by atoms with Crippen molar-refractivity contribution in [2.45, 2.75) is 59.0 Å². The van der Waals surface area contributed by atoms with Gasteiger partial charge in [-0.25, -0.2) is 0 Å². The van der Waals surface area contributed by atoms with Gasteiger partial charge in [0.05, 0.1) is 0 Å². The Morgan fingerprint density at radius 2 is 1.76 bits per heavy atom. The van der Waals surface area contributed by atoms with E-state index < -0.39 is 0 Å². The first kappa shape index (κ1) is 17.7. The minimum atomic E-state index is 0.0610. The van der Waals surface area contributed by atoms with Gasteiger partial charge >= 0.3 is 0 Å². The highest BCUT2D eigenvalue weighted by Gasteiger charge is 2.12. The van der Waals surface area contributed by atoms with Crippen molar-refractivity contribution in [2.75, 3.05) is 13.6 Å². The molecule has 21 heavy (non-hydrogen) atoms. The average molecular weight is 290 g/mol. The molecule has 0 saturated carbocycles. The van der Waals surface area contributed by atoms with Gasteiger partial charge in [0.1, 0.15) is 0 Å². The first-order chi connectivity index (χ1) is 9.69. The van der Waals surface area contributed by atoms with Crippen LogP contribution in [0.1, 0.15) is 58.1 Å². The van der Waals surface area contributed by atoms with Crippen molar-refractivity contribution in [1.29, 1.82) is 0 Å². The van der Waals surface area contributed by atoms with E-state index in [0.29, 0.717) is 18.9 Å². The number of nitrogens with zero attached hydrogens (tertiary/aromatic N) is 1. The second-order valence-electron chi connectivity index (χ2n) is 7.07. The van der Waals surface area contributed by atoms with E-state index in [2.05, 4.69) is 64.2 Å². The molecule has 0 heterocycles. The standard InChI is InChI=1S/C18H30N2O/c1-14(2)16-9-7-15(8-10-16)13-20(6)17(21)11-12-19-18(3,4)5/h7-10,14,19H,11-13H2,1-6H3. The van der Waals surface area contributed by atoms with Crippen molar-refractivity contribution in [3.05, 3.63) is 35.4 Å². The lowest BCUT2D eigenvalue weighted by molar-refractivity contribution is -0.130. The Morgan fingerprint density at radius 3 is 2.24 bits per heavy atom. The van der Waals surface area contributed by atoms with Gasteiger partial charge in [-0.15, -0.1) is 0 Å². The molecule has 0 fully saturated rings. The second kappa shape index (κ2) is 7.60. The van der Waals surface area contributed by atoms with Crippen LogP contribution in [0.25, 0.3) is 0 Å². The molecule has 1 aromatic rings. The molecule has 0 aliphatic carbocycles. The third-order valence-corrected chi connectivity index (χ3v) is 3.49. The van der Waals surface area contributed by atoms with Crippen LogP contribution in [0.4, 0.5) is 0 Å². The van der Waals surface area contributed by atoms with E-state index in [1.54, 1.807) is 4.90 Å². The normalized spacial score (nSPS) is 11.8. The molecule has 1 amide bonds. The molecule has 3 heteroatoms. The third kappa shape index (κ3) is 6.76. The predicted octanol–water partition coefficient (Wildman–Crippen LogP) is 3.55. The zero-order chi connectivity index (χ0) is 16.0. The van der Waals surface area contributed by atoms with Crippen molar-refractivity contribution < 1.29 is 4.79 Å². The number of carbonyl (C=O) groups excluding carboxylic acids is 1. The van der Waals surface area contributed by atoms with Gasteiger partial charge in [0, 0.05) is 32.1 Å². The molecular weight excluding hydrogens is 260 g/mol. The summed E-state index contributed by atoms with van der Waals surface area (Å²) >= 11 is 0. The van der Waals surface area contributed by atoms with Crippen LogP contribution >= 0.6 is 0 Å². The van der Waals surface area contributed by atoms with Gasteiger partial charge in [-0.1, -0.05) is 38.1 Å². The molecule has 0 saturated heterocycles. The summed E-state index contributed by atoms with van der Waals surface area (Å²) in [6.45, 7) is 12.1. The summed E-state index contributed by atoms with van der Waals surface area (Å²) in [5.74, 6) is 0.724. The van der Waals surface area contributed by atoms with Crippen molar-refractivity contribution in [3.8, 4) is 0 Å². The molecule has 1 aromatic carbocycles. The molecule has 0 aliphatic heterocycles. The molecule has 0 radical (unpaired) electrons. The van der Waals surface area contributed by atoms with E-state index in [9.17, 15) is 4.79 Å². The van der Waals surface area contributed by atoms with Crippen molar-refractivity contribution in [3.63, 3.8) is 0 Å². The molecule has 0 aromatic heterocycles. The Hall–Kier alpha value is -1.35. The van der Waals surface area contributed by atoms with E-state index in [0.717, 1.165) is 6.54 Å². The predicted molar refractivity (Wildman–Crippen MR) is 89.4 cm³/mol. The van der Waals surface area contributed by atoms with Gasteiger partial charge in [-0.3, -0.25) is 4.79 Å². The number of hydrogen-bond donors (Lipinski definition) is 1. The molecule has 1 rings (SSSR count). The quantitative estimate of drug-likeness (QED) is 0.869. The van der Waals surface area contributed by atoms with Gasteiger partial charge < -0.3 is 10.2 Å². The Morgan fingerprint density at radius 1 is 1.19 bits per heavy atom. The van der Waals surface area contributed by atoms with Crippen LogP contribution in [0.2, 0.25) is 0 Å². The van der Waals surface area contributed by atoms with E-state index in [1.807, 2.05) is 7.05 Å². The summed E-state index contributed by atoms with van der Waals surface area (Å²) in [4.78, 5) is 13.9. The summed E-state index contributed by atoms with van der Waals surface area (Å²) in [6.07, 6.45) is 0.540. The summed E-state index contributed by atoms with van der Waals surface area (Å²) in [7, 11) is 1.87. The summed E-state index contributed by atoms with van der Waals surface area (Å²) in [5, 5.41) is 3.34. The van der Waals surface area contributed by atoms with Gasteiger partial charge in [0.25, 0.3) is 0 Å². The molecule has 118 valence electrons. The lowest BCUT2D eigenvalue weighted by Gasteiger charge is -2.22. The van der Waals surface area contributed by atoms with Crippen molar-refractivity contribution in [2.24, 2.45) is 0 Å². The average Bonchev–Trinajstić information content (AvgIpc) is 2.37. The Labute approximate surface area is 129 Å². The summed E-state index contributed by atoms with van der Waals surface area (Å²) in [6, 6.07) is 8.54. The lowest BCUT2D eigenvalue weighted by atomic mass is 10.0. The smallest absolute Gasteiger partial charge is 0.223 e. The molecule has 0 aliphatic rings. The SMILES string of the molecule is CC(C)c1ccc(CN(C)C(=O)CCNC(C)(C)C)cc1. The Balaban J connectivity index is 2.44. The summed E-state index contributed by atoms with van der Waals surface area (Å²) in [5.41, 5.74) is 2.58. The Kier molecular flexibility index (Phi) is 6.41. The minimum Gasteiger partial charge on any atom is -0.341 e. The topological polar surface area (TPSA) is 32.3 Å². The molecule has 0 spiro atoms. The fourth-order valence-corrected chi connectivity index (χ4v) is 2.11. The van der Waals surface area contributed by atoms with Gasteiger partial charge in [-0.05, 0) is 37.8 Å². The minimum absolute atomic E-state index is 0.0610. The van der Waals surface area contributed by atoms with E-state index >= 15 is 0 Å². The maximum Gasteiger partial charge on any atom is 0.223 e. The van der Waals surface area contributed by atoms with Crippen LogP contribution in [0.5, 0.6) is 0 Å². The third-order valence-electron chi connectivity index (χ3n) is 3.49. The maximum absolute atomic E-state index is 12.1. The zero-order valence-electron chi connectivity index (χ0n) is 14.4. The first-order valence-corrected chi connectivity index (χ1v) is 7.77. The lowest BCUT2D eigenvalue weighted by Crippen LogP contribution is -2.38. The fourth-order valence-electron chi connectivity index (χ4n) is 2.11.